The van der Waals surface area contributed by atoms with Crippen molar-refractivity contribution in [3.05, 3.63) is 50.4 Å². The van der Waals surface area contributed by atoms with Crippen LogP contribution in [0, 0.1) is 11.8 Å². The number of rotatable bonds is 6. The number of hydrogen-bond acceptors (Lipinski definition) is 9. The molecule has 0 aliphatic heterocycles. The number of benzene rings is 1. The lowest BCUT2D eigenvalue weighted by Gasteiger charge is -2.50. The zero-order valence-electron chi connectivity index (χ0n) is 22.1. The van der Waals surface area contributed by atoms with Crippen molar-refractivity contribution >= 4 is 29.1 Å². The summed E-state index contributed by atoms with van der Waals surface area (Å²) >= 11 is 6.76. The number of fused-ring (bicyclic) bond motifs is 3. The monoisotopic (exact) mass is 547 g/mol. The number of hydrogen-bond donors (Lipinski definition) is 6. The minimum absolute atomic E-state index is 0.00813. The molecule has 206 valence electrons. The van der Waals surface area contributed by atoms with Gasteiger partial charge in [0.1, 0.15) is 22.8 Å². The van der Waals surface area contributed by atoms with E-state index >= 15 is 0 Å². The molecule has 0 heterocycles. The van der Waals surface area contributed by atoms with E-state index in [4.69, 9.17) is 17.3 Å². The number of nitrogens with two attached hydrogens (primary N) is 1. The quantitative estimate of drug-likeness (QED) is 0.291. The van der Waals surface area contributed by atoms with Gasteiger partial charge in [-0.15, -0.1) is 0 Å². The van der Waals surface area contributed by atoms with Crippen LogP contribution in [0.4, 0.5) is 0 Å². The molecule has 1 aromatic rings. The molecule has 3 aliphatic rings. The zero-order valence-corrected chi connectivity index (χ0v) is 22.8. The summed E-state index contributed by atoms with van der Waals surface area (Å²) in [7, 11) is 3.17. The highest BCUT2D eigenvalue weighted by atomic mass is 35.5. The predicted octanol–water partition coefficient (Wildman–Crippen LogP) is 2.05. The van der Waals surface area contributed by atoms with E-state index in [9.17, 15) is 34.8 Å². The number of aliphatic hydroxyl groups is 3. The first kappa shape index (κ1) is 28.1. The van der Waals surface area contributed by atoms with Crippen LogP contribution >= 0.6 is 11.6 Å². The van der Waals surface area contributed by atoms with Gasteiger partial charge in [-0.1, -0.05) is 18.5 Å². The molecule has 38 heavy (non-hydrogen) atoms. The zero-order chi connectivity index (χ0) is 28.5. The Bertz CT molecular complexity index is 1320. The molecule has 0 unspecified atom stereocenters. The number of phenolic OH excluding ortho intramolecular Hbond substituents is 1. The molecule has 11 heteroatoms. The summed E-state index contributed by atoms with van der Waals surface area (Å²) < 4.78 is 0. The first-order valence-corrected chi connectivity index (χ1v) is 12.9. The smallest absolute Gasteiger partial charge is 0.255 e. The van der Waals surface area contributed by atoms with Crippen molar-refractivity contribution in [1.29, 1.82) is 0 Å². The second-order valence-corrected chi connectivity index (χ2v) is 11.7. The van der Waals surface area contributed by atoms with Crippen LogP contribution in [0.2, 0.25) is 5.02 Å². The van der Waals surface area contributed by atoms with Gasteiger partial charge in [-0.25, -0.2) is 0 Å². The number of nitrogens with zero attached hydrogens (tertiary/aromatic N) is 1. The largest absolute Gasteiger partial charge is 0.510 e. The molecule has 7 N–H and O–H groups in total. The molecular formula is C27H34ClN3O7. The third-order valence-corrected chi connectivity index (χ3v) is 8.84. The Labute approximate surface area is 225 Å². The fraction of sp³-hybridized carbons (Fsp3) is 0.519. The number of aliphatic hydroxyl groups excluding tert-OH is 2. The molecular weight excluding hydrogens is 514 g/mol. The third-order valence-electron chi connectivity index (χ3n) is 8.37. The molecule has 0 fully saturated rings. The molecule has 0 aromatic heterocycles. The fourth-order valence-electron chi connectivity index (χ4n) is 5.94. The van der Waals surface area contributed by atoms with Gasteiger partial charge in [0.15, 0.2) is 11.4 Å². The average molecular weight is 548 g/mol. The minimum Gasteiger partial charge on any atom is -0.510 e. The van der Waals surface area contributed by atoms with E-state index in [1.807, 2.05) is 20.8 Å². The van der Waals surface area contributed by atoms with Crippen molar-refractivity contribution in [2.45, 2.75) is 63.8 Å². The molecule has 0 spiro atoms. The number of halogens is 1. The Morgan fingerprint density at radius 1 is 1.26 bits per heavy atom. The van der Waals surface area contributed by atoms with E-state index in [-0.39, 0.29) is 35.3 Å². The molecule has 1 amide bonds. The van der Waals surface area contributed by atoms with Crippen LogP contribution in [0.1, 0.15) is 55.1 Å². The van der Waals surface area contributed by atoms with Gasteiger partial charge in [0.2, 0.25) is 5.78 Å². The molecule has 4 rings (SSSR count). The Morgan fingerprint density at radius 2 is 1.89 bits per heavy atom. The summed E-state index contributed by atoms with van der Waals surface area (Å²) in [6.45, 7) is 6.46. The van der Waals surface area contributed by atoms with Gasteiger partial charge in [-0.05, 0) is 70.3 Å². The lowest BCUT2D eigenvalue weighted by Crippen LogP contribution is -2.63. The Morgan fingerprint density at radius 3 is 2.45 bits per heavy atom. The van der Waals surface area contributed by atoms with Gasteiger partial charge in [-0.2, -0.15) is 0 Å². The second kappa shape index (κ2) is 9.37. The van der Waals surface area contributed by atoms with Crippen LogP contribution in [0.25, 0.3) is 0 Å². The molecule has 4 atom stereocenters. The van der Waals surface area contributed by atoms with E-state index in [1.165, 1.54) is 11.0 Å². The maximum Gasteiger partial charge on any atom is 0.255 e. The van der Waals surface area contributed by atoms with Crippen LogP contribution in [-0.4, -0.2) is 74.1 Å². The number of allylic oxidation sites excluding steroid dienone is 1. The molecule has 3 aliphatic carbocycles. The number of phenols is 1. The van der Waals surface area contributed by atoms with Gasteiger partial charge in [0, 0.05) is 28.6 Å². The van der Waals surface area contributed by atoms with E-state index < -0.39 is 58.0 Å². The Hall–Kier alpha value is -2.92. The summed E-state index contributed by atoms with van der Waals surface area (Å²) in [4.78, 5) is 40.6. The molecule has 0 bridgehead atoms. The Balaban J connectivity index is 1.86. The first-order chi connectivity index (χ1) is 17.6. The molecule has 0 saturated carbocycles. The summed E-state index contributed by atoms with van der Waals surface area (Å²) in [5.41, 5.74) is 2.36. The lowest BCUT2D eigenvalue weighted by atomic mass is 9.58. The summed E-state index contributed by atoms with van der Waals surface area (Å²) in [6, 6.07) is 0.353. The molecule has 0 saturated heterocycles. The van der Waals surface area contributed by atoms with Gasteiger partial charge in [0.25, 0.3) is 5.91 Å². The Kier molecular flexibility index (Phi) is 6.93. The molecule has 1 aromatic carbocycles. The van der Waals surface area contributed by atoms with Gasteiger partial charge in [0.05, 0.1) is 11.6 Å². The summed E-state index contributed by atoms with van der Waals surface area (Å²) in [5, 5.41) is 48.3. The van der Waals surface area contributed by atoms with E-state index in [0.29, 0.717) is 22.7 Å². The second-order valence-electron chi connectivity index (χ2n) is 11.3. The van der Waals surface area contributed by atoms with Crippen LogP contribution in [0.5, 0.6) is 5.75 Å². The van der Waals surface area contributed by atoms with Crippen LogP contribution in [0.15, 0.2) is 28.7 Å². The number of carbonyl (C=O) groups is 3. The van der Waals surface area contributed by atoms with Crippen molar-refractivity contribution in [1.82, 2.24) is 10.2 Å². The maximum atomic E-state index is 13.7. The van der Waals surface area contributed by atoms with Crippen LogP contribution in [0.3, 0.4) is 0 Å². The maximum absolute atomic E-state index is 13.7. The standard InChI is InChI=1S/C27H34ClN3O7/c1-6-26(2,3)30-10-12-9-15(32)17-13(19(12)28)7-11-8-14-20(31(4)5)22(34)18(25(29)37)24(36)27(14,38)23(35)16(11)21(17)33/h9,11,14,20,30,32,34-35,38H,6-8,10H2,1-5H3,(H2,29,37)/t11-,14-,20-,27-/m0/s1. The number of primary amides is 1. The van der Waals surface area contributed by atoms with Crippen molar-refractivity contribution in [3.63, 3.8) is 0 Å². The highest BCUT2D eigenvalue weighted by Crippen LogP contribution is 2.53. The molecule has 10 nitrogen and oxygen atoms in total. The number of ketones is 2. The number of likely N-dealkylation sites (N-methyl/N-ethyl adjacent to an activating group) is 1. The van der Waals surface area contributed by atoms with Crippen LogP contribution < -0.4 is 11.1 Å². The topological polar surface area (TPSA) is 173 Å². The van der Waals surface area contributed by atoms with Gasteiger partial charge in [-0.3, -0.25) is 19.3 Å². The van der Waals surface area contributed by atoms with Crippen molar-refractivity contribution in [2.24, 2.45) is 17.6 Å². The summed E-state index contributed by atoms with van der Waals surface area (Å²) in [6.07, 6.45) is 1.00. The SMILES string of the molecule is CCC(C)(C)NCc1cc(O)c2c(c1Cl)C[C@H]1C[C@H]3[C@H](N(C)C)C(O)=C(C(N)=O)C(=O)[C@@]3(O)C(O)=C1C2=O. The number of Topliss-reactive ketones (excluding diaryl/α,β-unsaturated/α-hetero) is 2. The van der Waals surface area contributed by atoms with Crippen molar-refractivity contribution in [3.8, 4) is 5.75 Å². The molecule has 0 radical (unpaired) electrons. The highest BCUT2D eigenvalue weighted by Gasteiger charge is 2.63. The van der Waals surface area contributed by atoms with Crippen LogP contribution in [-0.2, 0) is 22.6 Å². The minimum atomic E-state index is -2.67. The number of amides is 1. The van der Waals surface area contributed by atoms with Gasteiger partial charge >= 0.3 is 0 Å². The van der Waals surface area contributed by atoms with Crippen molar-refractivity contribution < 1.29 is 34.8 Å². The average Bonchev–Trinajstić information content (AvgIpc) is 2.82. The lowest BCUT2D eigenvalue weighted by molar-refractivity contribution is -0.148. The fourth-order valence-corrected chi connectivity index (χ4v) is 6.23. The summed E-state index contributed by atoms with van der Waals surface area (Å²) in [5.74, 6) is -6.89. The van der Waals surface area contributed by atoms with E-state index in [0.717, 1.165) is 6.42 Å². The normalized spacial score (nSPS) is 27.4. The predicted molar refractivity (Wildman–Crippen MR) is 140 cm³/mol. The third kappa shape index (κ3) is 4.02. The van der Waals surface area contributed by atoms with E-state index in [2.05, 4.69) is 5.32 Å². The number of nitrogens with one attached hydrogen (secondary N) is 1. The van der Waals surface area contributed by atoms with Gasteiger partial charge < -0.3 is 31.5 Å². The number of aromatic hydroxyl groups is 1. The highest BCUT2D eigenvalue weighted by molar-refractivity contribution is 6.33. The van der Waals surface area contributed by atoms with Crippen molar-refractivity contribution in [2.75, 3.05) is 14.1 Å². The first-order valence-electron chi connectivity index (χ1n) is 12.5. The number of carbonyl (C=O) groups excluding carboxylic acids is 3. The van der Waals surface area contributed by atoms with E-state index in [1.54, 1.807) is 14.1 Å².